The van der Waals surface area contributed by atoms with E-state index in [1.165, 1.54) is 37.2 Å². The molecule has 0 unspecified atom stereocenters. The highest BCUT2D eigenvalue weighted by molar-refractivity contribution is 7.17. The highest BCUT2D eigenvalue weighted by atomic mass is 32.1. The molecule has 0 aliphatic carbocycles. The van der Waals surface area contributed by atoms with E-state index in [-0.39, 0.29) is 45.5 Å². The molecule has 0 aromatic carbocycles. The van der Waals surface area contributed by atoms with Crippen LogP contribution in [0.25, 0.3) is 16.4 Å². The summed E-state index contributed by atoms with van der Waals surface area (Å²) in [6.45, 7) is 2.55. The molecule has 0 aliphatic heterocycles. The van der Waals surface area contributed by atoms with Gasteiger partial charge >= 0.3 is 5.63 Å². The molecular weight excluding hydrogens is 506 g/mol. The van der Waals surface area contributed by atoms with Crippen molar-refractivity contribution in [1.82, 2.24) is 25.0 Å². The first kappa shape index (κ1) is 25.5. The van der Waals surface area contributed by atoms with Gasteiger partial charge in [-0.05, 0) is 19.1 Å². The predicted molar refractivity (Wildman–Crippen MR) is 131 cm³/mol. The zero-order valence-corrected chi connectivity index (χ0v) is 20.6. The van der Waals surface area contributed by atoms with Crippen molar-refractivity contribution < 1.29 is 28.6 Å². The first-order valence-corrected chi connectivity index (χ1v) is 11.5. The van der Waals surface area contributed by atoms with Gasteiger partial charge in [-0.1, -0.05) is 11.3 Å². The average Bonchev–Trinajstić information content (AvgIpc) is 3.53. The summed E-state index contributed by atoms with van der Waals surface area (Å²) in [6.07, 6.45) is 2.22. The van der Waals surface area contributed by atoms with Crippen molar-refractivity contribution in [3.8, 4) is 27.9 Å². The number of hydrogen-bond donors (Lipinski definition) is 3. The molecule has 0 bridgehead atoms. The van der Waals surface area contributed by atoms with Crippen LogP contribution >= 0.6 is 11.3 Å². The second-order valence-electron chi connectivity index (χ2n) is 7.46. The first-order chi connectivity index (χ1) is 17.8. The summed E-state index contributed by atoms with van der Waals surface area (Å²) in [7, 11) is 1.43. The van der Waals surface area contributed by atoms with Crippen LogP contribution in [0, 0.1) is 0 Å². The Bertz CT molecular complexity index is 1500. The number of amides is 2. The average molecular weight is 528 g/mol. The van der Waals surface area contributed by atoms with Crippen molar-refractivity contribution in [1.29, 1.82) is 0 Å². The van der Waals surface area contributed by atoms with Crippen LogP contribution in [-0.2, 0) is 4.79 Å². The van der Waals surface area contributed by atoms with Crippen molar-refractivity contribution in [3.05, 3.63) is 52.8 Å². The minimum Gasteiger partial charge on any atom is -0.494 e. The van der Waals surface area contributed by atoms with Crippen molar-refractivity contribution in [2.24, 2.45) is 0 Å². The summed E-state index contributed by atoms with van der Waals surface area (Å²) < 4.78 is 17.5. The first-order valence-electron chi connectivity index (χ1n) is 10.7. The lowest BCUT2D eigenvalue weighted by Crippen LogP contribution is -2.22. The number of carbonyl (C=O) groups excluding carboxylic acids is 2. The Morgan fingerprint density at radius 1 is 1.24 bits per heavy atom. The highest BCUT2D eigenvalue weighted by Crippen LogP contribution is 2.34. The number of aromatic nitrogens is 5. The molecule has 14 nitrogen and oxygen atoms in total. The third kappa shape index (κ3) is 5.62. The monoisotopic (exact) mass is 527 g/mol. The molecule has 0 spiro atoms. The summed E-state index contributed by atoms with van der Waals surface area (Å²) in [5.74, 6) is -0.988. The van der Waals surface area contributed by atoms with Gasteiger partial charge in [-0.2, -0.15) is 9.78 Å². The van der Waals surface area contributed by atoms with Crippen molar-refractivity contribution in [2.45, 2.75) is 20.0 Å². The molecule has 192 valence electrons. The third-order valence-corrected chi connectivity index (χ3v) is 5.53. The smallest absolute Gasteiger partial charge is 0.379 e. The fourth-order valence-corrected chi connectivity index (χ4v) is 3.83. The molecule has 15 heteroatoms. The normalized spacial score (nSPS) is 11.6. The lowest BCUT2D eigenvalue weighted by Gasteiger charge is -2.16. The van der Waals surface area contributed by atoms with E-state index in [0.717, 1.165) is 11.3 Å². The van der Waals surface area contributed by atoms with E-state index < -0.39 is 17.6 Å². The van der Waals surface area contributed by atoms with Gasteiger partial charge in [0.15, 0.2) is 5.76 Å². The van der Waals surface area contributed by atoms with Crippen LogP contribution in [0.3, 0.4) is 0 Å². The molecule has 0 fully saturated rings. The fourth-order valence-electron chi connectivity index (χ4n) is 3.12. The molecule has 2 amide bonds. The number of nitrogens with one attached hydrogen (secondary N) is 2. The van der Waals surface area contributed by atoms with Gasteiger partial charge in [-0.25, -0.2) is 4.79 Å². The lowest BCUT2D eigenvalue weighted by molar-refractivity contribution is -0.114. The molecule has 4 aromatic heterocycles. The maximum absolute atomic E-state index is 13.0. The van der Waals surface area contributed by atoms with E-state index in [0.29, 0.717) is 11.6 Å². The summed E-state index contributed by atoms with van der Waals surface area (Å²) >= 11 is 0.971. The summed E-state index contributed by atoms with van der Waals surface area (Å²) in [5, 5.41) is 26.8. The van der Waals surface area contributed by atoms with Gasteiger partial charge in [-0.3, -0.25) is 19.9 Å². The minimum atomic E-state index is -0.954. The molecule has 0 aliphatic rings. The molecule has 0 radical (unpaired) electrons. The molecule has 4 rings (SSSR count). The maximum Gasteiger partial charge on any atom is 0.379 e. The number of carbonyl (C=O) groups is 2. The Morgan fingerprint density at radius 3 is 2.78 bits per heavy atom. The molecule has 4 heterocycles. The van der Waals surface area contributed by atoms with E-state index >= 15 is 0 Å². The van der Waals surface area contributed by atoms with Gasteiger partial charge in [0.1, 0.15) is 23.4 Å². The van der Waals surface area contributed by atoms with Crippen LogP contribution in [0.15, 0.2) is 45.9 Å². The van der Waals surface area contributed by atoms with Crippen LogP contribution in [-0.4, -0.2) is 61.7 Å². The Labute approximate surface area is 212 Å². The second kappa shape index (κ2) is 11.0. The van der Waals surface area contributed by atoms with Crippen LogP contribution in [0.1, 0.15) is 24.4 Å². The predicted octanol–water partition coefficient (Wildman–Crippen LogP) is 1.72. The molecular formula is C22H21N7O7S. The van der Waals surface area contributed by atoms with Gasteiger partial charge < -0.3 is 24.3 Å². The van der Waals surface area contributed by atoms with E-state index in [1.54, 1.807) is 25.1 Å². The van der Waals surface area contributed by atoms with E-state index in [4.69, 9.17) is 13.9 Å². The minimum absolute atomic E-state index is 0.0816. The van der Waals surface area contributed by atoms with Gasteiger partial charge in [-0.15, -0.1) is 10.2 Å². The van der Waals surface area contributed by atoms with Crippen LogP contribution in [0.4, 0.5) is 10.9 Å². The zero-order valence-electron chi connectivity index (χ0n) is 19.8. The van der Waals surface area contributed by atoms with Gasteiger partial charge in [0.05, 0.1) is 25.5 Å². The zero-order chi connectivity index (χ0) is 26.5. The molecule has 0 saturated carbocycles. The topological polar surface area (TPSA) is 184 Å². The number of methoxy groups -OCH3 is 1. The van der Waals surface area contributed by atoms with Crippen LogP contribution in [0.2, 0.25) is 0 Å². The molecule has 3 N–H and O–H groups in total. The Hall–Kier alpha value is -4.63. The second-order valence-corrected chi connectivity index (χ2v) is 8.42. The number of pyridine rings is 1. The lowest BCUT2D eigenvalue weighted by atomic mass is 10.1. The maximum atomic E-state index is 13.0. The van der Waals surface area contributed by atoms with Crippen LogP contribution in [0.5, 0.6) is 11.5 Å². The summed E-state index contributed by atoms with van der Waals surface area (Å²) in [5.41, 5.74) is -0.590. The van der Waals surface area contributed by atoms with Crippen molar-refractivity contribution in [3.63, 3.8) is 0 Å². The quantitative estimate of drug-likeness (QED) is 0.288. The number of nitrogens with zero attached hydrogens (tertiary/aromatic N) is 5. The van der Waals surface area contributed by atoms with Gasteiger partial charge in [0.2, 0.25) is 21.9 Å². The highest BCUT2D eigenvalue weighted by Gasteiger charge is 2.24. The number of hydrogen-bond acceptors (Lipinski definition) is 12. The van der Waals surface area contributed by atoms with Crippen molar-refractivity contribution >= 4 is 34.1 Å². The Morgan fingerprint density at radius 2 is 2.05 bits per heavy atom. The molecule has 0 saturated heterocycles. The standard InChI is InChI=1S/C22H21N7O7S/c1-11(10-30)35-18-13(17-14(34-3)5-4-7-23-17)9-15(36-20(18)33)19(32)26-21-27-28-22(37-21)29-16(6-8-24-29)25-12(2)31/h4-9,11,30H,10H2,1-3H3,(H,25,31)(H,26,27,32)/t11-/m0/s1. The molecule has 37 heavy (non-hydrogen) atoms. The van der Waals surface area contributed by atoms with Crippen LogP contribution < -0.4 is 25.7 Å². The molecule has 1 atom stereocenters. The molecule has 4 aromatic rings. The summed E-state index contributed by atoms with van der Waals surface area (Å²) in [6, 6.07) is 6.13. The summed E-state index contributed by atoms with van der Waals surface area (Å²) in [4.78, 5) is 41.5. The number of anilines is 2. The van der Waals surface area contributed by atoms with E-state index in [2.05, 4.69) is 30.9 Å². The number of aliphatic hydroxyl groups is 1. The Balaban J connectivity index is 1.67. The largest absolute Gasteiger partial charge is 0.494 e. The number of aliphatic hydroxyl groups excluding tert-OH is 1. The van der Waals surface area contributed by atoms with E-state index in [1.807, 2.05) is 0 Å². The van der Waals surface area contributed by atoms with E-state index in [9.17, 15) is 19.5 Å². The Kier molecular flexibility index (Phi) is 7.55. The van der Waals surface area contributed by atoms with Crippen molar-refractivity contribution in [2.75, 3.05) is 24.4 Å². The third-order valence-electron chi connectivity index (χ3n) is 4.72. The van der Waals surface area contributed by atoms with Gasteiger partial charge in [0, 0.05) is 25.3 Å². The SMILES string of the molecule is COc1cccnc1-c1cc(C(=O)Nc2nnc(-n3nccc3NC(C)=O)s2)oc(=O)c1O[C@@H](C)CO. The number of rotatable bonds is 9. The number of ether oxygens (including phenoxy) is 2. The van der Waals surface area contributed by atoms with Gasteiger partial charge in [0.25, 0.3) is 5.91 Å². The fraction of sp³-hybridized carbons (Fsp3) is 0.227.